The van der Waals surface area contributed by atoms with Crippen molar-refractivity contribution in [3.8, 4) is 0 Å². The van der Waals surface area contributed by atoms with E-state index in [2.05, 4.69) is 42.1 Å². The quantitative estimate of drug-likeness (QED) is 0.377. The molecule has 0 radical (unpaired) electrons. The average molecular weight is 418 g/mol. The highest BCUT2D eigenvalue weighted by Crippen LogP contribution is 2.13. The fourth-order valence-electron chi connectivity index (χ4n) is 2.06. The number of aromatic amines is 1. The molecule has 0 bridgehead atoms. The van der Waals surface area contributed by atoms with E-state index in [0.717, 1.165) is 10.2 Å². The van der Waals surface area contributed by atoms with Crippen molar-refractivity contribution in [2.24, 2.45) is 0 Å². The van der Waals surface area contributed by atoms with Crippen LogP contribution in [0.2, 0.25) is 0 Å². The number of hydrogen-bond acceptors (Lipinski definition) is 4. The number of nitrogens with one attached hydrogen (secondary N) is 4. The molecule has 3 rings (SSSR count). The van der Waals surface area contributed by atoms with Gasteiger partial charge in [0.1, 0.15) is 0 Å². The third kappa shape index (κ3) is 4.20. The number of halogens is 1. The van der Waals surface area contributed by atoms with Gasteiger partial charge in [0.05, 0.1) is 10.9 Å². The van der Waals surface area contributed by atoms with Crippen molar-refractivity contribution in [2.75, 3.05) is 5.32 Å². The van der Waals surface area contributed by atoms with E-state index in [4.69, 9.17) is 12.2 Å². The maximum atomic E-state index is 12.1. The van der Waals surface area contributed by atoms with Crippen LogP contribution in [0.3, 0.4) is 0 Å². The second-order valence-electron chi connectivity index (χ2n) is 4.97. The zero-order chi connectivity index (χ0) is 17.8. The summed E-state index contributed by atoms with van der Waals surface area (Å²) in [5.41, 5.74) is 5.76. The number of hydrogen-bond donors (Lipinski definition) is 4. The van der Waals surface area contributed by atoms with E-state index in [1.54, 1.807) is 24.3 Å². The first-order chi connectivity index (χ1) is 12.0. The highest BCUT2D eigenvalue weighted by Gasteiger charge is 2.11. The lowest BCUT2D eigenvalue weighted by atomic mass is 10.2. The maximum Gasteiger partial charge on any atom is 0.305 e. The summed E-state index contributed by atoms with van der Waals surface area (Å²) in [4.78, 5) is 30.7. The minimum atomic E-state index is -0.609. The Morgan fingerprint density at radius 1 is 1.08 bits per heavy atom. The van der Waals surface area contributed by atoms with Crippen molar-refractivity contribution in [2.45, 2.75) is 0 Å². The number of nitrogens with zero attached hydrogens (tertiary/aromatic N) is 1. The van der Waals surface area contributed by atoms with Crippen molar-refractivity contribution < 1.29 is 4.79 Å². The standard InChI is InChI=1S/C16H12BrN5O2S/c17-9-5-7-10(8-6-9)18-16(25)22-21-15(24)13-19-12-4-2-1-3-11(12)14(23)20-13/h1-8H,(H,21,24)(H2,18,22,25)(H,19,20,23). The van der Waals surface area contributed by atoms with Crippen LogP contribution >= 0.6 is 28.1 Å². The highest BCUT2D eigenvalue weighted by atomic mass is 79.9. The van der Waals surface area contributed by atoms with Gasteiger partial charge in [0, 0.05) is 10.2 Å². The fourth-order valence-corrected chi connectivity index (χ4v) is 2.50. The second-order valence-corrected chi connectivity index (χ2v) is 6.30. The molecule has 0 aliphatic rings. The Kier molecular flexibility index (Phi) is 5.05. The smallest absolute Gasteiger partial charge is 0.305 e. The molecule has 1 amide bonds. The number of benzene rings is 2. The molecule has 1 heterocycles. The van der Waals surface area contributed by atoms with Crippen LogP contribution in [0.15, 0.2) is 57.8 Å². The molecule has 0 fully saturated rings. The van der Waals surface area contributed by atoms with E-state index in [1.165, 1.54) is 0 Å². The van der Waals surface area contributed by atoms with Gasteiger partial charge in [-0.1, -0.05) is 28.1 Å². The van der Waals surface area contributed by atoms with Crippen LogP contribution in [0.5, 0.6) is 0 Å². The number of carbonyl (C=O) groups is 1. The Balaban J connectivity index is 1.65. The zero-order valence-corrected chi connectivity index (χ0v) is 15.1. The van der Waals surface area contributed by atoms with Crippen LogP contribution in [-0.4, -0.2) is 21.0 Å². The number of anilines is 1. The number of rotatable bonds is 2. The van der Waals surface area contributed by atoms with Crippen molar-refractivity contribution in [1.29, 1.82) is 0 Å². The van der Waals surface area contributed by atoms with Crippen molar-refractivity contribution in [1.82, 2.24) is 20.8 Å². The summed E-state index contributed by atoms with van der Waals surface area (Å²) in [5, 5.41) is 3.52. The first kappa shape index (κ1) is 17.1. The lowest BCUT2D eigenvalue weighted by Crippen LogP contribution is -2.44. The third-order valence-electron chi connectivity index (χ3n) is 3.22. The van der Waals surface area contributed by atoms with E-state index in [-0.39, 0.29) is 16.5 Å². The van der Waals surface area contributed by atoms with Crippen molar-refractivity contribution in [3.63, 3.8) is 0 Å². The van der Waals surface area contributed by atoms with Crippen LogP contribution in [0.1, 0.15) is 10.6 Å². The molecule has 0 aliphatic carbocycles. The largest absolute Gasteiger partial charge is 0.331 e. The van der Waals surface area contributed by atoms with Crippen LogP contribution in [0.4, 0.5) is 5.69 Å². The lowest BCUT2D eigenvalue weighted by Gasteiger charge is -2.11. The number of aromatic nitrogens is 2. The van der Waals surface area contributed by atoms with E-state index >= 15 is 0 Å². The van der Waals surface area contributed by atoms with Gasteiger partial charge in [-0.15, -0.1) is 0 Å². The number of hydrazine groups is 1. The van der Waals surface area contributed by atoms with Gasteiger partial charge in [0.25, 0.3) is 5.56 Å². The van der Waals surface area contributed by atoms with Gasteiger partial charge in [-0.05, 0) is 48.6 Å². The second kappa shape index (κ2) is 7.41. The summed E-state index contributed by atoms with van der Waals surface area (Å²) in [7, 11) is 0. The molecule has 4 N–H and O–H groups in total. The summed E-state index contributed by atoms with van der Waals surface area (Å²) in [6.45, 7) is 0. The molecule has 7 nitrogen and oxygen atoms in total. The van der Waals surface area contributed by atoms with Crippen molar-refractivity contribution >= 4 is 55.8 Å². The Morgan fingerprint density at radius 3 is 2.56 bits per heavy atom. The molecule has 0 aliphatic heterocycles. The maximum absolute atomic E-state index is 12.1. The Hall–Kier alpha value is -2.78. The number of H-pyrrole nitrogens is 1. The Morgan fingerprint density at radius 2 is 1.80 bits per heavy atom. The number of fused-ring (bicyclic) bond motifs is 1. The fraction of sp³-hybridized carbons (Fsp3) is 0. The van der Waals surface area contributed by atoms with E-state index in [1.807, 2.05) is 24.3 Å². The monoisotopic (exact) mass is 417 g/mol. The first-order valence-corrected chi connectivity index (χ1v) is 8.35. The van der Waals surface area contributed by atoms with Crippen molar-refractivity contribution in [3.05, 3.63) is 69.2 Å². The number of carbonyl (C=O) groups excluding carboxylic acids is 1. The molecule has 0 atom stereocenters. The first-order valence-electron chi connectivity index (χ1n) is 7.15. The van der Waals surface area contributed by atoms with E-state index < -0.39 is 5.91 Å². The van der Waals surface area contributed by atoms with Gasteiger partial charge < -0.3 is 10.3 Å². The van der Waals surface area contributed by atoms with Gasteiger partial charge in [-0.25, -0.2) is 4.98 Å². The molecule has 0 spiro atoms. The van der Waals surface area contributed by atoms with Gasteiger partial charge in [-0.2, -0.15) is 0 Å². The SMILES string of the molecule is O=C(NNC(=S)Nc1ccc(Br)cc1)c1nc2ccccc2c(=O)[nH]1. The number of amides is 1. The molecule has 3 aromatic rings. The topological polar surface area (TPSA) is 98.9 Å². The predicted octanol–water partition coefficient (Wildman–Crippen LogP) is 2.32. The molecule has 9 heteroatoms. The highest BCUT2D eigenvalue weighted by molar-refractivity contribution is 9.10. The summed E-state index contributed by atoms with van der Waals surface area (Å²) < 4.78 is 0.941. The third-order valence-corrected chi connectivity index (χ3v) is 3.95. The molecule has 25 heavy (non-hydrogen) atoms. The minimum Gasteiger partial charge on any atom is -0.331 e. The molecule has 0 saturated carbocycles. The zero-order valence-electron chi connectivity index (χ0n) is 12.7. The summed E-state index contributed by atoms with van der Waals surface area (Å²) >= 11 is 8.44. The van der Waals surface area contributed by atoms with Gasteiger partial charge >= 0.3 is 5.91 Å². The van der Waals surface area contributed by atoms with E-state index in [9.17, 15) is 9.59 Å². The normalized spacial score (nSPS) is 10.3. The van der Waals surface area contributed by atoms with Crippen LogP contribution in [0.25, 0.3) is 10.9 Å². The number of para-hydroxylation sites is 1. The Labute approximate surface area is 156 Å². The molecule has 0 unspecified atom stereocenters. The predicted molar refractivity (Wildman–Crippen MR) is 103 cm³/mol. The summed E-state index contributed by atoms with van der Waals surface area (Å²) in [6, 6.07) is 14.1. The summed E-state index contributed by atoms with van der Waals surface area (Å²) in [5.74, 6) is -0.717. The van der Waals surface area contributed by atoms with Crippen LogP contribution < -0.4 is 21.7 Å². The molecule has 126 valence electrons. The number of thiocarbonyl (C=S) groups is 1. The van der Waals surface area contributed by atoms with Gasteiger partial charge in [0.2, 0.25) is 5.82 Å². The Bertz CT molecular complexity index is 1000. The minimum absolute atomic E-state index is 0.109. The summed E-state index contributed by atoms with van der Waals surface area (Å²) in [6.07, 6.45) is 0. The lowest BCUT2D eigenvalue weighted by molar-refractivity contribution is 0.0934. The van der Waals surface area contributed by atoms with Gasteiger partial charge in [-0.3, -0.25) is 20.4 Å². The average Bonchev–Trinajstić information content (AvgIpc) is 2.61. The van der Waals surface area contributed by atoms with Crippen LogP contribution in [-0.2, 0) is 0 Å². The molecule has 2 aromatic carbocycles. The molecular formula is C16H12BrN5O2S. The molecular weight excluding hydrogens is 406 g/mol. The van der Waals surface area contributed by atoms with E-state index in [0.29, 0.717) is 10.9 Å². The molecule has 1 aromatic heterocycles. The molecule has 0 saturated heterocycles. The van der Waals surface area contributed by atoms with Crippen LogP contribution in [0, 0.1) is 0 Å². The van der Waals surface area contributed by atoms with Gasteiger partial charge in [0.15, 0.2) is 5.11 Å².